The fourth-order valence-electron chi connectivity index (χ4n) is 3.39. The Morgan fingerprint density at radius 1 is 0.912 bits per heavy atom. The predicted octanol–water partition coefficient (Wildman–Crippen LogP) is -3.04. The van der Waals surface area contributed by atoms with Crippen LogP contribution < -0.4 is 22.1 Å². The number of carbonyl (C=O) groups is 7. The van der Waals surface area contributed by atoms with Gasteiger partial charge in [0.1, 0.15) is 18.1 Å². The molecule has 0 aromatic rings. The van der Waals surface area contributed by atoms with Gasteiger partial charge in [-0.1, -0.05) is 0 Å². The predicted molar refractivity (Wildman–Crippen MR) is 112 cm³/mol. The van der Waals surface area contributed by atoms with Crippen molar-refractivity contribution in [3.63, 3.8) is 0 Å². The van der Waals surface area contributed by atoms with Gasteiger partial charge in [0.25, 0.3) is 0 Å². The van der Waals surface area contributed by atoms with Gasteiger partial charge >= 0.3 is 17.9 Å². The number of carboxylic acid groups (broad SMARTS) is 3. The first-order valence-electron chi connectivity index (χ1n) is 10.4. The summed E-state index contributed by atoms with van der Waals surface area (Å²) in [7, 11) is 0. The maximum absolute atomic E-state index is 12.8. The molecule has 1 rings (SSSR count). The van der Waals surface area contributed by atoms with Crippen LogP contribution in [0.2, 0.25) is 0 Å². The Hall–Kier alpha value is -3.75. The molecule has 15 nitrogen and oxygen atoms in total. The summed E-state index contributed by atoms with van der Waals surface area (Å²) < 4.78 is 0. The first-order valence-corrected chi connectivity index (χ1v) is 10.4. The maximum atomic E-state index is 12.8. The summed E-state index contributed by atoms with van der Waals surface area (Å²) in [4.78, 5) is 83.2. The highest BCUT2D eigenvalue weighted by atomic mass is 16.4. The van der Waals surface area contributed by atoms with Crippen LogP contribution in [0, 0.1) is 0 Å². The Balaban J connectivity index is 2.90. The first-order chi connectivity index (χ1) is 15.8. The van der Waals surface area contributed by atoms with Crippen LogP contribution in [-0.2, 0) is 33.6 Å². The molecule has 0 spiro atoms. The van der Waals surface area contributed by atoms with Crippen molar-refractivity contribution in [1.82, 2.24) is 15.5 Å². The Labute approximate surface area is 193 Å². The summed E-state index contributed by atoms with van der Waals surface area (Å²) in [6.45, 7) is 0.154. The fourth-order valence-corrected chi connectivity index (χ4v) is 3.39. The molecule has 0 radical (unpaired) electrons. The van der Waals surface area contributed by atoms with Crippen LogP contribution in [-0.4, -0.2) is 92.5 Å². The van der Waals surface area contributed by atoms with E-state index in [2.05, 4.69) is 10.6 Å². The van der Waals surface area contributed by atoms with Crippen LogP contribution in [0.1, 0.15) is 44.9 Å². The van der Waals surface area contributed by atoms with E-state index in [9.17, 15) is 38.7 Å². The number of nitrogens with zero attached hydrogens (tertiary/aromatic N) is 1. The van der Waals surface area contributed by atoms with E-state index in [-0.39, 0.29) is 38.6 Å². The summed E-state index contributed by atoms with van der Waals surface area (Å²) in [5, 5.41) is 31.4. The molecule has 0 saturated carbocycles. The van der Waals surface area contributed by atoms with Gasteiger partial charge in [-0.25, -0.2) is 4.79 Å². The molecule has 0 aromatic heterocycles. The number of amides is 4. The van der Waals surface area contributed by atoms with E-state index in [1.54, 1.807) is 0 Å². The number of rotatable bonds is 14. The number of carbonyl (C=O) groups excluding carboxylic acids is 4. The average molecular weight is 487 g/mol. The topological polar surface area (TPSA) is 260 Å². The van der Waals surface area contributed by atoms with Gasteiger partial charge in [0.05, 0.1) is 12.5 Å². The second-order valence-corrected chi connectivity index (χ2v) is 7.79. The highest BCUT2D eigenvalue weighted by Crippen LogP contribution is 2.19. The Morgan fingerprint density at radius 3 is 2.09 bits per heavy atom. The second kappa shape index (κ2) is 13.1. The summed E-state index contributed by atoms with van der Waals surface area (Å²) in [5.41, 5.74) is 10.7. The first kappa shape index (κ1) is 28.3. The normalized spacial score (nSPS) is 17.8. The molecule has 0 aliphatic carbocycles. The lowest BCUT2D eigenvalue weighted by Crippen LogP contribution is -2.57. The SMILES string of the molecule is NC(=O)CCC(NC(=O)C(CC(=O)O)NC(=O)C1CCCN1C(=O)C(N)CCC(=O)O)C(=O)O. The van der Waals surface area contributed by atoms with E-state index < -0.39 is 72.1 Å². The zero-order valence-electron chi connectivity index (χ0n) is 18.3. The minimum absolute atomic E-state index is 0.148. The van der Waals surface area contributed by atoms with Crippen LogP contribution >= 0.6 is 0 Å². The van der Waals surface area contributed by atoms with Crippen molar-refractivity contribution in [3.8, 4) is 0 Å². The van der Waals surface area contributed by atoms with Crippen molar-refractivity contribution in [2.24, 2.45) is 11.5 Å². The van der Waals surface area contributed by atoms with E-state index in [1.807, 2.05) is 0 Å². The number of primary amides is 1. The number of hydrogen-bond acceptors (Lipinski definition) is 8. The standard InChI is InChI=1S/C19H29N5O10/c20-9(3-6-14(26)27)18(32)24-7-1-2-12(24)17(31)23-11(8-15(28)29)16(30)22-10(19(33)34)4-5-13(21)25/h9-12H,1-8,20H2,(H2,21,25)(H,22,30)(H,23,31)(H,26,27)(H,28,29)(H,33,34). The monoisotopic (exact) mass is 487 g/mol. The number of carboxylic acids is 3. The minimum Gasteiger partial charge on any atom is -0.481 e. The van der Waals surface area contributed by atoms with Gasteiger partial charge in [0, 0.05) is 19.4 Å². The zero-order chi connectivity index (χ0) is 26.0. The number of nitrogens with one attached hydrogen (secondary N) is 2. The van der Waals surface area contributed by atoms with E-state index >= 15 is 0 Å². The molecule has 1 fully saturated rings. The van der Waals surface area contributed by atoms with Gasteiger partial charge < -0.3 is 42.3 Å². The third-order valence-corrected chi connectivity index (χ3v) is 5.13. The van der Waals surface area contributed by atoms with Crippen LogP contribution in [0.4, 0.5) is 0 Å². The van der Waals surface area contributed by atoms with Crippen LogP contribution in [0.3, 0.4) is 0 Å². The van der Waals surface area contributed by atoms with Gasteiger partial charge in [-0.3, -0.25) is 28.8 Å². The molecule has 1 saturated heterocycles. The summed E-state index contributed by atoms with van der Waals surface area (Å²) in [6.07, 6.45) is -1.46. The number of aliphatic carboxylic acids is 3. The van der Waals surface area contributed by atoms with E-state index in [4.69, 9.17) is 21.7 Å². The van der Waals surface area contributed by atoms with Crippen molar-refractivity contribution < 1.29 is 48.9 Å². The Morgan fingerprint density at radius 2 is 1.56 bits per heavy atom. The van der Waals surface area contributed by atoms with E-state index in [0.29, 0.717) is 6.42 Å². The lowest BCUT2D eigenvalue weighted by atomic mass is 10.1. The number of likely N-dealkylation sites (tertiary alicyclic amines) is 1. The zero-order valence-corrected chi connectivity index (χ0v) is 18.3. The van der Waals surface area contributed by atoms with Crippen molar-refractivity contribution in [2.45, 2.75) is 69.1 Å². The third kappa shape index (κ3) is 9.01. The van der Waals surface area contributed by atoms with E-state index in [0.717, 1.165) is 4.90 Å². The lowest BCUT2D eigenvalue weighted by Gasteiger charge is -2.28. The molecule has 1 aliphatic rings. The molecule has 15 heteroatoms. The quantitative estimate of drug-likeness (QED) is 0.129. The van der Waals surface area contributed by atoms with Crippen molar-refractivity contribution in [3.05, 3.63) is 0 Å². The fraction of sp³-hybridized carbons (Fsp3) is 0.632. The molecule has 0 aromatic carbocycles. The van der Waals surface area contributed by atoms with Crippen molar-refractivity contribution in [1.29, 1.82) is 0 Å². The minimum atomic E-state index is -1.67. The van der Waals surface area contributed by atoms with Gasteiger partial charge in [-0.2, -0.15) is 0 Å². The molecule has 4 unspecified atom stereocenters. The molecule has 34 heavy (non-hydrogen) atoms. The molecule has 4 amide bonds. The van der Waals surface area contributed by atoms with Crippen molar-refractivity contribution in [2.75, 3.05) is 6.54 Å². The summed E-state index contributed by atoms with van der Waals surface area (Å²) >= 11 is 0. The molecular weight excluding hydrogens is 458 g/mol. The Bertz CT molecular complexity index is 832. The molecule has 1 aliphatic heterocycles. The molecule has 0 bridgehead atoms. The number of hydrogen-bond donors (Lipinski definition) is 7. The highest BCUT2D eigenvalue weighted by Gasteiger charge is 2.38. The lowest BCUT2D eigenvalue weighted by molar-refractivity contribution is -0.145. The van der Waals surface area contributed by atoms with Crippen LogP contribution in [0.15, 0.2) is 0 Å². The average Bonchev–Trinajstić information content (AvgIpc) is 3.22. The molecule has 9 N–H and O–H groups in total. The van der Waals surface area contributed by atoms with Crippen LogP contribution in [0.25, 0.3) is 0 Å². The molecule has 4 atom stereocenters. The van der Waals surface area contributed by atoms with Crippen molar-refractivity contribution >= 4 is 41.5 Å². The van der Waals surface area contributed by atoms with Crippen LogP contribution in [0.5, 0.6) is 0 Å². The molecule has 190 valence electrons. The number of nitrogens with two attached hydrogens (primary N) is 2. The summed E-state index contributed by atoms with van der Waals surface area (Å²) in [6, 6.07) is -5.45. The Kier molecular flexibility index (Phi) is 10.9. The summed E-state index contributed by atoms with van der Waals surface area (Å²) in [5.74, 6) is -7.50. The van der Waals surface area contributed by atoms with Gasteiger partial charge in [-0.15, -0.1) is 0 Å². The largest absolute Gasteiger partial charge is 0.481 e. The van der Waals surface area contributed by atoms with Gasteiger partial charge in [0.15, 0.2) is 0 Å². The van der Waals surface area contributed by atoms with Gasteiger partial charge in [0.2, 0.25) is 23.6 Å². The molecule has 1 heterocycles. The maximum Gasteiger partial charge on any atom is 0.326 e. The van der Waals surface area contributed by atoms with Gasteiger partial charge in [-0.05, 0) is 25.7 Å². The smallest absolute Gasteiger partial charge is 0.326 e. The second-order valence-electron chi connectivity index (χ2n) is 7.79. The van der Waals surface area contributed by atoms with E-state index in [1.165, 1.54) is 0 Å². The third-order valence-electron chi connectivity index (χ3n) is 5.13. The molecular formula is C19H29N5O10. The highest BCUT2D eigenvalue weighted by molar-refractivity contribution is 5.96.